The first-order valence-electron chi connectivity index (χ1n) is 11.5. The van der Waals surface area contributed by atoms with Crippen molar-refractivity contribution in [3.63, 3.8) is 0 Å². The molecule has 7 nitrogen and oxygen atoms in total. The van der Waals surface area contributed by atoms with E-state index in [4.69, 9.17) is 9.47 Å². The van der Waals surface area contributed by atoms with Crippen LogP contribution in [0.5, 0.6) is 5.75 Å². The Bertz CT molecular complexity index is 929. The Morgan fingerprint density at radius 2 is 1.94 bits per heavy atom. The van der Waals surface area contributed by atoms with Gasteiger partial charge in [0, 0.05) is 19.3 Å². The van der Waals surface area contributed by atoms with E-state index in [2.05, 4.69) is 29.4 Å². The molecule has 3 heterocycles. The summed E-state index contributed by atoms with van der Waals surface area (Å²) in [5.74, 6) is 1.31. The topological polar surface area (TPSA) is 80.8 Å². The van der Waals surface area contributed by atoms with E-state index in [1.54, 1.807) is 30.3 Å². The minimum absolute atomic E-state index is 0.0390. The van der Waals surface area contributed by atoms with Crippen LogP contribution in [0.4, 0.5) is 5.82 Å². The quantitative estimate of drug-likeness (QED) is 0.601. The molecule has 0 fully saturated rings. The highest BCUT2D eigenvalue weighted by Crippen LogP contribution is 2.27. The minimum Gasteiger partial charge on any atom is -0.491 e. The fraction of sp³-hybridized carbons (Fsp3) is 0.423. The lowest BCUT2D eigenvalue weighted by molar-refractivity contribution is -0.124. The van der Waals surface area contributed by atoms with E-state index in [-0.39, 0.29) is 18.4 Å². The Morgan fingerprint density at radius 3 is 2.64 bits per heavy atom. The van der Waals surface area contributed by atoms with Gasteiger partial charge in [-0.15, -0.1) is 0 Å². The van der Waals surface area contributed by atoms with Crippen LogP contribution in [0.1, 0.15) is 53.5 Å². The monoisotopic (exact) mass is 455 g/mol. The predicted molar refractivity (Wildman–Crippen MR) is 134 cm³/mol. The molecule has 2 amide bonds. The summed E-state index contributed by atoms with van der Waals surface area (Å²) in [6.45, 7) is 13.0. The predicted octanol–water partition coefficient (Wildman–Crippen LogP) is 5.13. The maximum atomic E-state index is 12.5. The number of allylic oxidation sites excluding steroid dienone is 3. The molecule has 0 unspecified atom stereocenters. The molecule has 33 heavy (non-hydrogen) atoms. The highest BCUT2D eigenvalue weighted by Gasteiger charge is 2.20. The number of pyridine rings is 1. The van der Waals surface area contributed by atoms with Crippen LogP contribution < -0.4 is 10.1 Å². The third-order valence-electron chi connectivity index (χ3n) is 4.64. The standard InChI is InChI=1S/C22H25N3O4.2C2H6/c1-4-5-6-7-17-13-28-19(15(17)2)12-25(3)21(27)9-8-16-10-18-22(23-11-16)24-20(26)14-29-18;2*1-2/h5-11H,4,12-14H2,1-3H3,(H,23,24,26);2*1-2H3/b6-5-,9-8+,17-7+;;. The first-order valence-corrected chi connectivity index (χ1v) is 11.5. The van der Waals surface area contributed by atoms with Crippen LogP contribution in [-0.4, -0.2) is 48.5 Å². The Kier molecular flexibility index (Phi) is 12.3. The molecule has 0 saturated carbocycles. The molecule has 1 aromatic heterocycles. The molecule has 7 heteroatoms. The number of rotatable bonds is 6. The van der Waals surface area contributed by atoms with Gasteiger partial charge in [-0.05, 0) is 42.2 Å². The van der Waals surface area contributed by atoms with Gasteiger partial charge in [0.05, 0.1) is 6.54 Å². The summed E-state index contributed by atoms with van der Waals surface area (Å²) >= 11 is 0. The Hall–Kier alpha value is -3.35. The number of hydrogen-bond donors (Lipinski definition) is 1. The molecular weight excluding hydrogens is 418 g/mol. The second-order valence-corrected chi connectivity index (χ2v) is 6.85. The van der Waals surface area contributed by atoms with E-state index in [0.29, 0.717) is 30.3 Å². The molecule has 0 aromatic carbocycles. The van der Waals surface area contributed by atoms with E-state index in [0.717, 1.165) is 23.3 Å². The molecule has 1 N–H and O–H groups in total. The molecule has 3 rings (SSSR count). The van der Waals surface area contributed by atoms with Crippen molar-refractivity contribution in [1.82, 2.24) is 9.88 Å². The second-order valence-electron chi connectivity index (χ2n) is 6.85. The number of fused-ring (bicyclic) bond motifs is 1. The summed E-state index contributed by atoms with van der Waals surface area (Å²) in [7, 11) is 1.73. The number of carbonyl (C=O) groups is 2. The van der Waals surface area contributed by atoms with E-state index in [9.17, 15) is 9.59 Å². The highest BCUT2D eigenvalue weighted by atomic mass is 16.5. The summed E-state index contributed by atoms with van der Waals surface area (Å²) in [5.41, 5.74) is 2.92. The number of amides is 2. The average molecular weight is 456 g/mol. The van der Waals surface area contributed by atoms with Crippen molar-refractivity contribution in [3.8, 4) is 5.75 Å². The Balaban J connectivity index is 0.00000129. The zero-order valence-corrected chi connectivity index (χ0v) is 20.9. The lowest BCUT2D eigenvalue weighted by Gasteiger charge is -2.17. The third-order valence-corrected chi connectivity index (χ3v) is 4.64. The van der Waals surface area contributed by atoms with Crippen LogP contribution in [0.2, 0.25) is 0 Å². The number of likely N-dealkylation sites (N-methyl/N-ethyl adjacent to an activating group) is 1. The number of anilines is 1. The van der Waals surface area contributed by atoms with Crippen LogP contribution in [-0.2, 0) is 14.3 Å². The van der Waals surface area contributed by atoms with Gasteiger partial charge in [-0.2, -0.15) is 0 Å². The Morgan fingerprint density at radius 1 is 1.21 bits per heavy atom. The molecule has 0 bridgehead atoms. The van der Waals surface area contributed by atoms with E-state index in [1.807, 2.05) is 40.7 Å². The highest BCUT2D eigenvalue weighted by molar-refractivity contribution is 5.95. The number of nitrogens with one attached hydrogen (secondary N) is 1. The zero-order valence-electron chi connectivity index (χ0n) is 20.9. The van der Waals surface area contributed by atoms with Crippen molar-refractivity contribution in [3.05, 3.63) is 59.0 Å². The molecule has 0 radical (unpaired) electrons. The fourth-order valence-corrected chi connectivity index (χ4v) is 2.87. The third kappa shape index (κ3) is 8.25. The molecule has 180 valence electrons. The molecular formula is C26H37N3O4. The summed E-state index contributed by atoms with van der Waals surface area (Å²) in [5, 5.41) is 2.63. The number of carbonyl (C=O) groups excluding carboxylic acids is 2. The summed E-state index contributed by atoms with van der Waals surface area (Å²) < 4.78 is 11.1. The zero-order chi connectivity index (χ0) is 24.8. The summed E-state index contributed by atoms with van der Waals surface area (Å²) in [6.07, 6.45) is 11.9. The van der Waals surface area contributed by atoms with Gasteiger partial charge in [-0.3, -0.25) is 9.59 Å². The van der Waals surface area contributed by atoms with Gasteiger partial charge in [0.2, 0.25) is 5.91 Å². The maximum absolute atomic E-state index is 12.5. The van der Waals surface area contributed by atoms with Crippen LogP contribution in [0.25, 0.3) is 6.08 Å². The molecule has 0 spiro atoms. The van der Waals surface area contributed by atoms with Crippen LogP contribution in [0.15, 0.2) is 53.5 Å². The van der Waals surface area contributed by atoms with E-state index < -0.39 is 0 Å². The number of ether oxygens (including phenoxy) is 2. The normalized spacial score (nSPS) is 15.7. The summed E-state index contributed by atoms with van der Waals surface area (Å²) in [4.78, 5) is 29.5. The smallest absolute Gasteiger partial charge is 0.263 e. The van der Waals surface area contributed by atoms with Gasteiger partial charge in [0.15, 0.2) is 18.2 Å². The molecule has 0 saturated heterocycles. The second kappa shape index (κ2) is 14.7. The fourth-order valence-electron chi connectivity index (χ4n) is 2.87. The van der Waals surface area contributed by atoms with Crippen LogP contribution in [0.3, 0.4) is 0 Å². The largest absolute Gasteiger partial charge is 0.491 e. The molecule has 2 aliphatic rings. The van der Waals surface area contributed by atoms with Crippen molar-refractivity contribution in [2.24, 2.45) is 0 Å². The van der Waals surface area contributed by atoms with Gasteiger partial charge < -0.3 is 19.7 Å². The molecule has 0 atom stereocenters. The molecule has 2 aliphatic heterocycles. The van der Waals surface area contributed by atoms with E-state index >= 15 is 0 Å². The van der Waals surface area contributed by atoms with Crippen molar-refractivity contribution >= 4 is 23.7 Å². The molecule has 1 aromatic rings. The lowest BCUT2D eigenvalue weighted by Crippen LogP contribution is -2.27. The van der Waals surface area contributed by atoms with Gasteiger partial charge in [-0.1, -0.05) is 52.8 Å². The van der Waals surface area contributed by atoms with E-state index in [1.165, 1.54) is 6.08 Å². The van der Waals surface area contributed by atoms with Crippen molar-refractivity contribution in [2.75, 3.05) is 32.1 Å². The maximum Gasteiger partial charge on any atom is 0.263 e. The van der Waals surface area contributed by atoms with Crippen molar-refractivity contribution in [2.45, 2.75) is 48.0 Å². The average Bonchev–Trinajstić information content (AvgIpc) is 3.19. The van der Waals surface area contributed by atoms with Gasteiger partial charge in [0.1, 0.15) is 12.4 Å². The van der Waals surface area contributed by atoms with Crippen LogP contribution >= 0.6 is 0 Å². The van der Waals surface area contributed by atoms with Crippen LogP contribution in [0, 0.1) is 0 Å². The number of nitrogens with zero attached hydrogens (tertiary/aromatic N) is 2. The van der Waals surface area contributed by atoms with Crippen molar-refractivity contribution in [1.29, 1.82) is 0 Å². The first-order chi connectivity index (χ1) is 16.0. The number of hydrogen-bond acceptors (Lipinski definition) is 5. The number of aromatic nitrogens is 1. The van der Waals surface area contributed by atoms with Gasteiger partial charge >= 0.3 is 0 Å². The lowest BCUT2D eigenvalue weighted by atomic mass is 10.1. The summed E-state index contributed by atoms with van der Waals surface area (Å²) in [6, 6.07) is 1.74. The van der Waals surface area contributed by atoms with Crippen molar-refractivity contribution < 1.29 is 19.1 Å². The minimum atomic E-state index is -0.233. The molecule has 0 aliphatic carbocycles. The first kappa shape index (κ1) is 27.7. The van der Waals surface area contributed by atoms with Gasteiger partial charge in [-0.25, -0.2) is 4.98 Å². The van der Waals surface area contributed by atoms with Gasteiger partial charge in [0.25, 0.3) is 5.91 Å². The SMILES string of the molecule is CC.CC.CC/C=C\C=C1/COC(CN(C)C(=O)/C=C/c2cnc3c(c2)OCC(=O)N3)=C1C. The Labute approximate surface area is 197 Å².